The van der Waals surface area contributed by atoms with Crippen LogP contribution in [0.3, 0.4) is 0 Å². The third-order valence-electron chi connectivity index (χ3n) is 3.63. The lowest BCUT2D eigenvalue weighted by Gasteiger charge is -2.13. The largest absolute Gasteiger partial charge is 0.237 e. The third-order valence-corrected chi connectivity index (χ3v) is 5.57. The fourth-order valence-electron chi connectivity index (χ4n) is 2.01. The highest BCUT2D eigenvalue weighted by Gasteiger charge is 2.24. The van der Waals surface area contributed by atoms with Crippen LogP contribution in [0.25, 0.3) is 17.3 Å². The number of thioether (sulfide) groups is 1. The van der Waals surface area contributed by atoms with Crippen LogP contribution in [-0.4, -0.2) is 9.97 Å². The molecule has 2 nitrogen and oxygen atoms in total. The van der Waals surface area contributed by atoms with E-state index in [9.17, 15) is 11.7 Å². The Morgan fingerprint density at radius 3 is 2.36 bits per heavy atom. The predicted molar refractivity (Wildman–Crippen MR) is 101 cm³/mol. The first-order chi connectivity index (χ1) is 11.8. The second-order valence-corrected chi connectivity index (χ2v) is 7.57. The van der Waals surface area contributed by atoms with Crippen molar-refractivity contribution in [2.24, 2.45) is 0 Å². The number of benzene rings is 1. The smallest absolute Gasteiger partial charge is 0.228 e. The summed E-state index contributed by atoms with van der Waals surface area (Å²) in [4.78, 5) is 8.28. The Morgan fingerprint density at radius 1 is 1.20 bits per heavy atom. The number of hydrogen-bond donors (Lipinski definition) is 0. The van der Waals surface area contributed by atoms with Gasteiger partial charge in [-0.2, -0.15) is 0 Å². The van der Waals surface area contributed by atoms with Crippen molar-refractivity contribution < 1.29 is 11.7 Å². The van der Waals surface area contributed by atoms with E-state index in [0.717, 1.165) is 29.1 Å². The summed E-state index contributed by atoms with van der Waals surface area (Å²) >= 11 is -3.73. The minimum atomic E-state index is -5.21. The quantitative estimate of drug-likeness (QED) is 0.385. The molecule has 0 fully saturated rings. The molecule has 134 valence electrons. The van der Waals surface area contributed by atoms with Gasteiger partial charge in [0, 0.05) is 11.1 Å². The van der Waals surface area contributed by atoms with E-state index >= 15 is 0 Å². The third kappa shape index (κ3) is 4.89. The zero-order valence-corrected chi connectivity index (χ0v) is 15.9. The molecule has 7 heteroatoms. The Morgan fingerprint density at radius 2 is 1.84 bits per heavy atom. The van der Waals surface area contributed by atoms with Crippen molar-refractivity contribution in [3.05, 3.63) is 53.2 Å². The molecule has 0 saturated heterocycles. The Kier molecular flexibility index (Phi) is 6.35. The first-order valence-electron chi connectivity index (χ1n) is 7.62. The van der Waals surface area contributed by atoms with Gasteiger partial charge in [-0.1, -0.05) is 43.0 Å². The number of rotatable bonds is 6. The summed E-state index contributed by atoms with van der Waals surface area (Å²) in [5.74, 6) is 0.455. The van der Waals surface area contributed by atoms with E-state index in [2.05, 4.69) is 23.5 Å². The van der Waals surface area contributed by atoms with Gasteiger partial charge in [0.25, 0.3) is 0 Å². The van der Waals surface area contributed by atoms with Gasteiger partial charge in [-0.05, 0) is 43.9 Å². The van der Waals surface area contributed by atoms with Crippen LogP contribution in [0.1, 0.15) is 31.7 Å². The monoisotopic (exact) mass is 384 g/mol. The van der Waals surface area contributed by atoms with Gasteiger partial charge in [-0.3, -0.25) is 0 Å². The Bertz CT molecular complexity index is 797. The van der Waals surface area contributed by atoms with Gasteiger partial charge in [-0.25, -0.2) is 9.97 Å². The predicted octanol–water partition coefficient (Wildman–Crippen LogP) is 7.32. The Hall–Kier alpha value is -1.73. The highest BCUT2D eigenvalue weighted by Crippen LogP contribution is 2.60. The summed E-state index contributed by atoms with van der Waals surface area (Å²) in [6, 6.07) is 5.13. The molecule has 0 amide bonds. The van der Waals surface area contributed by atoms with Gasteiger partial charge in [0.05, 0.1) is 10.6 Å². The normalized spacial score (nSPS) is 13.0. The summed E-state index contributed by atoms with van der Waals surface area (Å²) in [6.45, 7) is 9.69. The second kappa shape index (κ2) is 8.10. The SMILES string of the molecule is C=Cc1nc(S/C=C(\C)CC)c(C)c(-c2ccc(S(F)(F)F)cc2)n1. The molecule has 2 aromatic rings. The summed E-state index contributed by atoms with van der Waals surface area (Å²) in [5, 5.41) is 2.81. The van der Waals surface area contributed by atoms with Gasteiger partial charge in [0.2, 0.25) is 11.2 Å². The molecule has 0 spiro atoms. The minimum absolute atomic E-state index is 0.455. The van der Waals surface area contributed by atoms with Gasteiger partial charge in [-0.15, -0.1) is 11.7 Å². The maximum atomic E-state index is 12.8. The van der Waals surface area contributed by atoms with Crippen LogP contribution in [0, 0.1) is 6.92 Å². The highest BCUT2D eigenvalue weighted by molar-refractivity contribution is 8.20. The number of nitrogens with zero attached hydrogens (tertiary/aromatic N) is 2. The topological polar surface area (TPSA) is 25.8 Å². The molecule has 0 radical (unpaired) electrons. The maximum absolute atomic E-state index is 12.8. The van der Waals surface area contributed by atoms with E-state index in [-0.39, 0.29) is 0 Å². The number of aromatic nitrogens is 2. The molecule has 25 heavy (non-hydrogen) atoms. The molecule has 0 bridgehead atoms. The van der Waals surface area contributed by atoms with Gasteiger partial charge in [0.15, 0.2) is 5.82 Å². The molecule has 0 aliphatic heterocycles. The van der Waals surface area contributed by atoms with Crippen molar-refractivity contribution in [1.29, 1.82) is 0 Å². The Balaban J connectivity index is 2.48. The lowest BCUT2D eigenvalue weighted by Crippen LogP contribution is -1.98. The van der Waals surface area contributed by atoms with Crippen molar-refractivity contribution in [3.63, 3.8) is 0 Å². The molecule has 0 aliphatic rings. The summed E-state index contributed by atoms with van der Waals surface area (Å²) in [6.07, 6.45) is 2.48. The molecule has 2 rings (SSSR count). The molecule has 0 N–H and O–H groups in total. The van der Waals surface area contributed by atoms with Crippen molar-refractivity contribution in [3.8, 4) is 11.3 Å². The molecule has 1 heterocycles. The summed E-state index contributed by atoms with van der Waals surface area (Å²) < 4.78 is 38.5. The first-order valence-corrected chi connectivity index (χ1v) is 9.83. The lowest BCUT2D eigenvalue weighted by atomic mass is 10.1. The second-order valence-electron chi connectivity index (χ2n) is 5.43. The number of allylic oxidation sites excluding steroid dienone is 1. The minimum Gasteiger partial charge on any atom is -0.228 e. The fourth-order valence-corrected chi connectivity index (χ4v) is 3.35. The van der Waals surface area contributed by atoms with Gasteiger partial charge in [0.1, 0.15) is 5.03 Å². The summed E-state index contributed by atoms with van der Waals surface area (Å²) in [5.41, 5.74) is 3.32. The average Bonchev–Trinajstić information content (AvgIpc) is 2.59. The number of halogens is 3. The number of hydrogen-bond acceptors (Lipinski definition) is 3. The van der Waals surface area contributed by atoms with Crippen LogP contribution in [0.5, 0.6) is 0 Å². The standard InChI is InChI=1S/C18H19F3N2S2/c1-5-12(3)11-24-18-13(4)17(22-16(6-2)23-18)14-7-9-15(10-8-14)25(19,20)21/h6-11H,2,5H2,1,3-4H3/b12-11+. The van der Waals surface area contributed by atoms with Crippen molar-refractivity contribution in [2.45, 2.75) is 37.1 Å². The van der Waals surface area contributed by atoms with Crippen molar-refractivity contribution >= 4 is 29.0 Å². The van der Waals surface area contributed by atoms with Crippen LogP contribution >= 0.6 is 22.9 Å². The molecular weight excluding hydrogens is 365 g/mol. The van der Waals surface area contributed by atoms with Crippen LogP contribution < -0.4 is 0 Å². The molecular formula is C18H19F3N2S2. The fraction of sp³-hybridized carbons (Fsp3) is 0.222. The van der Waals surface area contributed by atoms with Crippen LogP contribution in [-0.2, 0) is 0 Å². The highest BCUT2D eigenvalue weighted by atomic mass is 32.3. The van der Waals surface area contributed by atoms with E-state index in [4.69, 9.17) is 0 Å². The lowest BCUT2D eigenvalue weighted by molar-refractivity contribution is 0.633. The van der Waals surface area contributed by atoms with Crippen LogP contribution in [0.4, 0.5) is 11.7 Å². The molecule has 0 unspecified atom stereocenters. The maximum Gasteiger partial charge on any atom is 0.237 e. The van der Waals surface area contributed by atoms with E-state index in [1.807, 2.05) is 19.3 Å². The first kappa shape index (κ1) is 19.6. The Labute approximate surface area is 152 Å². The van der Waals surface area contributed by atoms with Crippen molar-refractivity contribution in [2.75, 3.05) is 0 Å². The van der Waals surface area contributed by atoms with Crippen LogP contribution in [0.15, 0.2) is 51.7 Å². The van der Waals surface area contributed by atoms with E-state index in [1.165, 1.54) is 35.5 Å². The average molecular weight is 384 g/mol. The molecule has 1 aromatic carbocycles. The van der Waals surface area contributed by atoms with E-state index < -0.39 is 16.1 Å². The molecule has 0 atom stereocenters. The molecule has 0 aliphatic carbocycles. The summed E-state index contributed by atoms with van der Waals surface area (Å²) in [7, 11) is 0. The molecule has 0 saturated carbocycles. The zero-order chi connectivity index (χ0) is 18.6. The van der Waals surface area contributed by atoms with Gasteiger partial charge < -0.3 is 0 Å². The van der Waals surface area contributed by atoms with Crippen LogP contribution in [0.2, 0.25) is 0 Å². The van der Waals surface area contributed by atoms with Crippen molar-refractivity contribution in [1.82, 2.24) is 9.97 Å². The van der Waals surface area contributed by atoms with Gasteiger partial charge >= 0.3 is 0 Å². The molecule has 1 aromatic heterocycles. The van der Waals surface area contributed by atoms with E-state index in [1.54, 1.807) is 0 Å². The van der Waals surface area contributed by atoms with E-state index in [0.29, 0.717) is 17.1 Å². The zero-order valence-electron chi connectivity index (χ0n) is 14.2.